The van der Waals surface area contributed by atoms with Crippen LogP contribution in [0.25, 0.3) is 48.1 Å². The Morgan fingerprint density at radius 3 is 2.43 bits per heavy atom. The number of benzene rings is 5. The lowest BCUT2D eigenvalue weighted by atomic mass is 9.35. The standard InChI is InChI=1S/C41H26BNO2S/c1-2-10-25(11-3-1)26-12-8-13-28(22-26)33-24-36-40-41(43-33)45-34-17-6-5-16-31(34)42(40)32-23-27(20-21-35(32)44-36)29-15-9-19-38-39(29)30-14-4-7-18-37(30)46-38/h2,4-24H,1,3H2. The maximum Gasteiger partial charge on any atom is 0.262 e. The third-order valence-electron chi connectivity index (χ3n) is 9.45. The van der Waals surface area contributed by atoms with Crippen LogP contribution in [0.2, 0.25) is 0 Å². The van der Waals surface area contributed by atoms with E-state index in [4.69, 9.17) is 14.5 Å². The first-order valence-electron chi connectivity index (χ1n) is 15.8. The minimum Gasteiger partial charge on any atom is -0.458 e. The molecule has 0 fully saturated rings. The quantitative estimate of drug-likeness (QED) is 0.188. The Kier molecular flexibility index (Phi) is 5.66. The molecule has 3 nitrogen and oxygen atoms in total. The maximum atomic E-state index is 6.74. The molecule has 2 aliphatic heterocycles. The van der Waals surface area contributed by atoms with Crippen molar-refractivity contribution >= 4 is 60.2 Å². The monoisotopic (exact) mass is 607 g/mol. The van der Waals surface area contributed by atoms with Gasteiger partial charge in [0.1, 0.15) is 17.2 Å². The van der Waals surface area contributed by atoms with E-state index < -0.39 is 0 Å². The lowest BCUT2D eigenvalue weighted by Gasteiger charge is -2.32. The first-order valence-corrected chi connectivity index (χ1v) is 16.6. The number of hydrogen-bond donors (Lipinski definition) is 0. The van der Waals surface area contributed by atoms with Crippen LogP contribution in [0.3, 0.4) is 0 Å². The van der Waals surface area contributed by atoms with Gasteiger partial charge in [-0.1, -0.05) is 97.1 Å². The molecule has 7 aromatic rings. The molecule has 0 atom stereocenters. The van der Waals surface area contributed by atoms with E-state index >= 15 is 0 Å². The Morgan fingerprint density at radius 2 is 1.48 bits per heavy atom. The van der Waals surface area contributed by atoms with Crippen LogP contribution in [0, 0.1) is 0 Å². The molecule has 0 spiro atoms. The molecular weight excluding hydrogens is 581 g/mol. The molecule has 0 N–H and O–H groups in total. The zero-order valence-corrected chi connectivity index (χ0v) is 25.7. The van der Waals surface area contributed by atoms with Crippen LogP contribution in [0.5, 0.6) is 23.1 Å². The second-order valence-electron chi connectivity index (χ2n) is 12.1. The van der Waals surface area contributed by atoms with Crippen molar-refractivity contribution in [3.8, 4) is 45.5 Å². The molecule has 216 valence electrons. The summed E-state index contributed by atoms with van der Waals surface area (Å²) in [5, 5.41) is 2.61. The van der Waals surface area contributed by atoms with E-state index in [0.717, 1.165) is 57.7 Å². The Morgan fingerprint density at radius 1 is 0.630 bits per heavy atom. The average Bonchev–Trinajstić information content (AvgIpc) is 3.51. The molecule has 5 heteroatoms. The molecule has 0 saturated carbocycles. The predicted octanol–water partition coefficient (Wildman–Crippen LogP) is 9.24. The van der Waals surface area contributed by atoms with Crippen molar-refractivity contribution in [2.24, 2.45) is 0 Å². The zero-order chi connectivity index (χ0) is 30.2. The van der Waals surface area contributed by atoms with Crippen LogP contribution in [0.1, 0.15) is 18.4 Å². The smallest absolute Gasteiger partial charge is 0.262 e. The molecule has 3 aliphatic rings. The third kappa shape index (κ3) is 3.95. The third-order valence-corrected chi connectivity index (χ3v) is 10.6. The molecule has 1 aliphatic carbocycles. The second-order valence-corrected chi connectivity index (χ2v) is 13.2. The van der Waals surface area contributed by atoms with Crippen LogP contribution in [0.4, 0.5) is 0 Å². The summed E-state index contributed by atoms with van der Waals surface area (Å²) in [5.41, 5.74) is 9.98. The van der Waals surface area contributed by atoms with Gasteiger partial charge in [-0.15, -0.1) is 11.3 Å². The summed E-state index contributed by atoms with van der Waals surface area (Å²) >= 11 is 1.85. The number of fused-ring (bicyclic) bond motifs is 7. The van der Waals surface area contributed by atoms with E-state index in [1.54, 1.807) is 0 Å². The minimum absolute atomic E-state index is 0.0533. The summed E-state index contributed by atoms with van der Waals surface area (Å²) in [6.45, 7) is -0.0533. The highest BCUT2D eigenvalue weighted by molar-refractivity contribution is 7.25. The molecule has 46 heavy (non-hydrogen) atoms. The molecule has 10 rings (SSSR count). The fraction of sp³-hybridized carbons (Fsp3) is 0.0488. The SMILES string of the molecule is C1=CC(c2cccc(-c3cc4c5c(n3)Oc3ccccc3B5c3cc(-c5cccc6sc7ccccc7c56)ccc3O4)c2)=CCC1. The molecule has 5 aromatic carbocycles. The van der Waals surface area contributed by atoms with Crippen molar-refractivity contribution in [2.75, 3.05) is 0 Å². The largest absolute Gasteiger partial charge is 0.458 e. The number of allylic oxidation sites excluding steroid dienone is 4. The molecule has 2 aromatic heterocycles. The van der Waals surface area contributed by atoms with Gasteiger partial charge in [0.05, 0.1) is 5.69 Å². The van der Waals surface area contributed by atoms with Gasteiger partial charge in [0, 0.05) is 37.3 Å². The van der Waals surface area contributed by atoms with Gasteiger partial charge in [-0.05, 0) is 76.4 Å². The van der Waals surface area contributed by atoms with Gasteiger partial charge in [-0.25, -0.2) is 4.98 Å². The van der Waals surface area contributed by atoms with E-state index in [2.05, 4.69) is 121 Å². The van der Waals surface area contributed by atoms with Gasteiger partial charge in [-0.2, -0.15) is 0 Å². The van der Waals surface area contributed by atoms with Crippen molar-refractivity contribution in [3.05, 3.63) is 139 Å². The number of pyridine rings is 1. The molecule has 0 bridgehead atoms. The molecule has 4 heterocycles. The molecule has 0 unspecified atom stereocenters. The topological polar surface area (TPSA) is 31.4 Å². The van der Waals surface area contributed by atoms with Crippen molar-refractivity contribution in [2.45, 2.75) is 12.8 Å². The Hall–Kier alpha value is -5.39. The summed E-state index contributed by atoms with van der Waals surface area (Å²) in [7, 11) is 0. The van der Waals surface area contributed by atoms with E-state index in [1.165, 1.54) is 42.4 Å². The van der Waals surface area contributed by atoms with Crippen LogP contribution in [0.15, 0.2) is 133 Å². The van der Waals surface area contributed by atoms with Crippen LogP contribution < -0.4 is 25.9 Å². The highest BCUT2D eigenvalue weighted by Gasteiger charge is 2.41. The molecule has 0 saturated heterocycles. The summed E-state index contributed by atoms with van der Waals surface area (Å²) in [6.07, 6.45) is 8.93. The number of thiophene rings is 1. The van der Waals surface area contributed by atoms with E-state index in [0.29, 0.717) is 5.88 Å². The zero-order valence-electron chi connectivity index (χ0n) is 24.9. The average molecular weight is 608 g/mol. The number of nitrogens with zero attached hydrogens (tertiary/aromatic N) is 1. The maximum absolute atomic E-state index is 6.74. The summed E-state index contributed by atoms with van der Waals surface area (Å²) in [4.78, 5) is 5.14. The molecule has 0 radical (unpaired) electrons. The van der Waals surface area contributed by atoms with Gasteiger partial charge >= 0.3 is 0 Å². The Bertz CT molecular complexity index is 2440. The Labute approximate surface area is 271 Å². The predicted molar refractivity (Wildman–Crippen MR) is 192 cm³/mol. The van der Waals surface area contributed by atoms with Gasteiger partial charge in [0.2, 0.25) is 5.88 Å². The highest BCUT2D eigenvalue weighted by atomic mass is 32.1. The number of ether oxygens (including phenoxy) is 2. The van der Waals surface area contributed by atoms with Gasteiger partial charge < -0.3 is 9.47 Å². The number of rotatable bonds is 3. The lowest BCUT2D eigenvalue weighted by Crippen LogP contribution is -2.57. The van der Waals surface area contributed by atoms with E-state index in [1.807, 2.05) is 23.5 Å². The van der Waals surface area contributed by atoms with Crippen LogP contribution in [-0.4, -0.2) is 11.7 Å². The van der Waals surface area contributed by atoms with Gasteiger partial charge in [-0.3, -0.25) is 0 Å². The molecular formula is C41H26BNO2S. The second kappa shape index (κ2) is 10.1. The first-order chi connectivity index (χ1) is 22.8. The summed E-state index contributed by atoms with van der Waals surface area (Å²) < 4.78 is 15.9. The van der Waals surface area contributed by atoms with Gasteiger partial charge in [0.15, 0.2) is 0 Å². The number of para-hydroxylation sites is 1. The lowest BCUT2D eigenvalue weighted by molar-refractivity contribution is 0.451. The first kappa shape index (κ1) is 25.9. The Balaban J connectivity index is 1.14. The van der Waals surface area contributed by atoms with Crippen LogP contribution in [-0.2, 0) is 0 Å². The van der Waals surface area contributed by atoms with Crippen molar-refractivity contribution in [3.63, 3.8) is 0 Å². The van der Waals surface area contributed by atoms with Crippen LogP contribution >= 0.6 is 11.3 Å². The summed E-state index contributed by atoms with van der Waals surface area (Å²) in [6, 6.07) is 41.0. The minimum atomic E-state index is -0.0533. The number of aromatic nitrogens is 1. The molecule has 0 amide bonds. The highest BCUT2D eigenvalue weighted by Crippen LogP contribution is 2.42. The fourth-order valence-corrected chi connectivity index (χ4v) is 8.47. The summed E-state index contributed by atoms with van der Waals surface area (Å²) in [5.74, 6) is 3.12. The fourth-order valence-electron chi connectivity index (χ4n) is 7.33. The number of hydrogen-bond acceptors (Lipinski definition) is 4. The van der Waals surface area contributed by atoms with E-state index in [9.17, 15) is 0 Å². The van der Waals surface area contributed by atoms with Crippen molar-refractivity contribution in [1.29, 1.82) is 0 Å². The normalized spacial score (nSPS) is 14.3. The van der Waals surface area contributed by atoms with Crippen molar-refractivity contribution < 1.29 is 9.47 Å². The van der Waals surface area contributed by atoms with E-state index in [-0.39, 0.29) is 6.71 Å². The van der Waals surface area contributed by atoms with Gasteiger partial charge in [0.25, 0.3) is 6.71 Å². The van der Waals surface area contributed by atoms with Crippen molar-refractivity contribution in [1.82, 2.24) is 4.98 Å².